The molecule has 9 heteroatoms. The van der Waals surface area contributed by atoms with Gasteiger partial charge in [-0.15, -0.1) is 0 Å². The highest BCUT2D eigenvalue weighted by atomic mass is 19.1. The number of fused-ring (bicyclic) bond motifs is 1. The fourth-order valence-corrected chi connectivity index (χ4v) is 5.31. The predicted octanol–water partition coefficient (Wildman–Crippen LogP) is 3.87. The first-order chi connectivity index (χ1) is 17.8. The number of halogens is 2. The van der Waals surface area contributed by atoms with E-state index in [-0.39, 0.29) is 29.2 Å². The molecule has 1 N–H and O–H groups in total. The van der Waals surface area contributed by atoms with Crippen molar-refractivity contribution < 1.29 is 13.6 Å². The fourth-order valence-electron chi connectivity index (χ4n) is 5.31. The Morgan fingerprint density at radius 2 is 2.05 bits per heavy atom. The Kier molecular flexibility index (Phi) is 6.61. The summed E-state index contributed by atoms with van der Waals surface area (Å²) in [6.07, 6.45) is 3.75. The first-order valence-electron chi connectivity index (χ1n) is 12.4. The van der Waals surface area contributed by atoms with E-state index < -0.39 is 5.82 Å². The van der Waals surface area contributed by atoms with Crippen molar-refractivity contribution in [3.8, 4) is 6.07 Å². The van der Waals surface area contributed by atoms with Crippen molar-refractivity contribution in [3.05, 3.63) is 76.1 Å². The van der Waals surface area contributed by atoms with Crippen molar-refractivity contribution in [2.45, 2.75) is 32.2 Å². The monoisotopic (exact) mass is 502 g/mol. The SMILES string of the molecule is CN[C@H]1CCN(C(=O)C2=C(C)C(CCc3cc(F)c4nn(C)cc4c3)C(c3ccc(C#N)c(F)c3)=N2)C1. The third kappa shape index (κ3) is 4.65. The van der Waals surface area contributed by atoms with Crippen LogP contribution in [0.25, 0.3) is 10.9 Å². The number of benzene rings is 2. The Morgan fingerprint density at radius 1 is 1.24 bits per heavy atom. The minimum atomic E-state index is -0.626. The minimum absolute atomic E-state index is 0.0460. The zero-order valence-corrected chi connectivity index (χ0v) is 21.1. The second-order valence-electron chi connectivity index (χ2n) is 9.77. The number of nitrogens with zero attached hydrogens (tertiary/aromatic N) is 5. The molecule has 1 saturated heterocycles. The van der Waals surface area contributed by atoms with Crippen LogP contribution < -0.4 is 5.32 Å². The molecule has 3 heterocycles. The normalized spacial score (nSPS) is 19.6. The minimum Gasteiger partial charge on any atom is -0.336 e. The van der Waals surface area contributed by atoms with Gasteiger partial charge in [0.25, 0.3) is 5.91 Å². The second-order valence-corrected chi connectivity index (χ2v) is 9.77. The van der Waals surface area contributed by atoms with Crippen molar-refractivity contribution >= 4 is 22.5 Å². The van der Waals surface area contributed by atoms with Crippen LogP contribution in [0.3, 0.4) is 0 Å². The molecule has 0 aliphatic carbocycles. The third-order valence-electron chi connectivity index (χ3n) is 7.39. The van der Waals surface area contributed by atoms with Gasteiger partial charge in [-0.05, 0) is 74.2 Å². The average Bonchev–Trinajstić information content (AvgIpc) is 3.59. The van der Waals surface area contributed by atoms with Crippen LogP contribution in [0.4, 0.5) is 8.78 Å². The second kappa shape index (κ2) is 9.87. The van der Waals surface area contributed by atoms with E-state index >= 15 is 0 Å². The van der Waals surface area contributed by atoms with E-state index in [9.17, 15) is 13.6 Å². The molecule has 0 saturated carbocycles. The van der Waals surface area contributed by atoms with Crippen LogP contribution in [0.15, 0.2) is 52.8 Å². The molecule has 37 heavy (non-hydrogen) atoms. The van der Waals surface area contributed by atoms with Crippen LogP contribution in [-0.4, -0.2) is 52.5 Å². The lowest BCUT2D eigenvalue weighted by Gasteiger charge is -2.18. The zero-order valence-electron chi connectivity index (χ0n) is 21.1. The number of aromatic nitrogens is 2. The maximum atomic E-state index is 14.7. The molecular weight excluding hydrogens is 474 g/mol. The van der Waals surface area contributed by atoms with Crippen molar-refractivity contribution in [1.82, 2.24) is 20.0 Å². The number of aryl methyl sites for hydroxylation is 2. The summed E-state index contributed by atoms with van der Waals surface area (Å²) in [5.41, 5.74) is 3.43. The number of carbonyl (C=O) groups excluding carboxylic acids is 1. The molecule has 1 unspecified atom stereocenters. The summed E-state index contributed by atoms with van der Waals surface area (Å²) >= 11 is 0. The van der Waals surface area contributed by atoms with E-state index in [1.165, 1.54) is 18.2 Å². The molecule has 5 rings (SSSR count). The molecule has 2 atom stereocenters. The number of hydrogen-bond donors (Lipinski definition) is 1. The molecule has 1 amide bonds. The number of aliphatic imine (C=N–C) groups is 1. The number of nitriles is 1. The highest BCUT2D eigenvalue weighted by Crippen LogP contribution is 2.35. The highest BCUT2D eigenvalue weighted by Gasteiger charge is 2.35. The Hall–Kier alpha value is -3.90. The van der Waals surface area contributed by atoms with Crippen molar-refractivity contribution in [1.29, 1.82) is 5.26 Å². The van der Waals surface area contributed by atoms with Crippen LogP contribution in [0.1, 0.15) is 36.5 Å². The summed E-state index contributed by atoms with van der Waals surface area (Å²) in [7, 11) is 3.64. The number of amides is 1. The zero-order chi connectivity index (χ0) is 26.3. The van der Waals surface area contributed by atoms with Crippen LogP contribution in [0, 0.1) is 28.9 Å². The molecule has 1 aromatic heterocycles. The van der Waals surface area contributed by atoms with E-state index in [0.29, 0.717) is 48.4 Å². The third-order valence-corrected chi connectivity index (χ3v) is 7.39. The molecule has 0 bridgehead atoms. The van der Waals surface area contributed by atoms with E-state index in [0.717, 1.165) is 22.9 Å². The van der Waals surface area contributed by atoms with Crippen LogP contribution in [0.5, 0.6) is 0 Å². The van der Waals surface area contributed by atoms with Crippen LogP contribution in [-0.2, 0) is 18.3 Å². The van der Waals surface area contributed by atoms with Crippen molar-refractivity contribution in [2.75, 3.05) is 20.1 Å². The van der Waals surface area contributed by atoms with Gasteiger partial charge in [0.15, 0.2) is 5.82 Å². The van der Waals surface area contributed by atoms with Gasteiger partial charge in [0.1, 0.15) is 23.1 Å². The van der Waals surface area contributed by atoms with Gasteiger partial charge in [-0.2, -0.15) is 10.4 Å². The van der Waals surface area contributed by atoms with Gasteiger partial charge in [-0.3, -0.25) is 9.48 Å². The van der Waals surface area contributed by atoms with Gasteiger partial charge in [0.2, 0.25) is 0 Å². The average molecular weight is 503 g/mol. The molecule has 2 aromatic carbocycles. The smallest absolute Gasteiger partial charge is 0.272 e. The summed E-state index contributed by atoms with van der Waals surface area (Å²) in [5.74, 6) is -1.38. The maximum absolute atomic E-state index is 14.7. The number of hydrogen-bond acceptors (Lipinski definition) is 5. The van der Waals surface area contributed by atoms with Gasteiger partial charge in [-0.25, -0.2) is 13.8 Å². The number of nitrogens with one attached hydrogen (secondary N) is 1. The van der Waals surface area contributed by atoms with Crippen molar-refractivity contribution in [3.63, 3.8) is 0 Å². The van der Waals surface area contributed by atoms with Crippen LogP contribution >= 0.6 is 0 Å². The summed E-state index contributed by atoms with van der Waals surface area (Å²) in [6, 6.07) is 9.91. The Morgan fingerprint density at radius 3 is 2.76 bits per heavy atom. The molecule has 2 aliphatic rings. The maximum Gasteiger partial charge on any atom is 0.272 e. The number of likely N-dealkylation sites (N-methyl/N-ethyl adjacent to an activating group) is 1. The summed E-state index contributed by atoms with van der Waals surface area (Å²) in [4.78, 5) is 20.0. The summed E-state index contributed by atoms with van der Waals surface area (Å²) in [5, 5.41) is 17.2. The quantitative estimate of drug-likeness (QED) is 0.555. The highest BCUT2D eigenvalue weighted by molar-refractivity contribution is 6.11. The largest absolute Gasteiger partial charge is 0.336 e. The lowest BCUT2D eigenvalue weighted by molar-refractivity contribution is -0.126. The molecular formula is C28H28F2N6O. The Labute approximate surface area is 214 Å². The van der Waals surface area contributed by atoms with E-state index in [1.807, 2.05) is 26.1 Å². The number of allylic oxidation sites excluding steroid dienone is 1. The van der Waals surface area contributed by atoms with E-state index in [2.05, 4.69) is 10.4 Å². The van der Waals surface area contributed by atoms with E-state index in [4.69, 9.17) is 10.3 Å². The lowest BCUT2D eigenvalue weighted by atomic mass is 9.86. The molecule has 0 spiro atoms. The van der Waals surface area contributed by atoms with Crippen LogP contribution in [0.2, 0.25) is 0 Å². The molecule has 3 aromatic rings. The summed E-state index contributed by atoms with van der Waals surface area (Å²) in [6.45, 7) is 3.15. The van der Waals surface area contributed by atoms with Gasteiger partial charge in [-0.1, -0.05) is 6.07 Å². The Balaban J connectivity index is 1.47. The van der Waals surface area contributed by atoms with Gasteiger partial charge in [0, 0.05) is 43.7 Å². The molecule has 2 aliphatic heterocycles. The number of likely N-dealkylation sites (tertiary alicyclic amines) is 1. The standard InChI is InChI=1S/C28H28F2N6O/c1-16-22(7-4-17-10-20-14-35(3)34-27(20)24(30)11-17)26(18-5-6-19(13-31)23(29)12-18)33-25(16)28(37)36-9-8-21(15-36)32-2/h5-6,10-12,14,21-22,32H,4,7-9,15H2,1-3H3/t21-,22?/m0/s1. The first-order valence-corrected chi connectivity index (χ1v) is 12.4. The van der Waals surface area contributed by atoms with Gasteiger partial charge >= 0.3 is 0 Å². The van der Waals surface area contributed by atoms with E-state index in [1.54, 1.807) is 28.9 Å². The molecule has 190 valence electrons. The predicted molar refractivity (Wildman–Crippen MR) is 137 cm³/mol. The number of rotatable bonds is 6. The summed E-state index contributed by atoms with van der Waals surface area (Å²) < 4.78 is 30.8. The van der Waals surface area contributed by atoms with Crippen molar-refractivity contribution in [2.24, 2.45) is 18.0 Å². The molecule has 0 radical (unpaired) electrons. The van der Waals surface area contributed by atoms with Gasteiger partial charge in [0.05, 0.1) is 11.3 Å². The topological polar surface area (TPSA) is 86.3 Å². The molecule has 7 nitrogen and oxygen atoms in total. The molecule has 1 fully saturated rings. The number of carbonyl (C=O) groups is 1. The fraction of sp³-hybridized carbons (Fsp3) is 0.357. The first kappa shape index (κ1) is 24.8. The Bertz CT molecular complexity index is 1500. The lowest BCUT2D eigenvalue weighted by Crippen LogP contribution is -2.34. The van der Waals surface area contributed by atoms with Gasteiger partial charge < -0.3 is 10.2 Å².